The summed E-state index contributed by atoms with van der Waals surface area (Å²) in [6, 6.07) is 10.2. The third-order valence-electron chi connectivity index (χ3n) is 3.55. The van der Waals surface area contributed by atoms with Crippen LogP contribution in [0.3, 0.4) is 0 Å². The van der Waals surface area contributed by atoms with Crippen LogP contribution >= 0.6 is 8.60 Å². The predicted octanol–water partition coefficient (Wildman–Crippen LogP) is 3.93. The van der Waals surface area contributed by atoms with Gasteiger partial charge >= 0.3 is 8.60 Å². The van der Waals surface area contributed by atoms with Crippen LogP contribution in [-0.4, -0.2) is 27.9 Å². The second kappa shape index (κ2) is 8.20. The minimum atomic E-state index is -2.43. The van der Waals surface area contributed by atoms with Gasteiger partial charge in [0.05, 0.1) is 12.0 Å². The van der Waals surface area contributed by atoms with Crippen LogP contribution in [0.4, 0.5) is 10.2 Å². The monoisotopic (exact) mass is 350 g/mol. The smallest absolute Gasteiger partial charge is 0.390 e. The first kappa shape index (κ1) is 18.3. The summed E-state index contributed by atoms with van der Waals surface area (Å²) < 4.78 is 17.8. The summed E-state index contributed by atoms with van der Waals surface area (Å²) in [5, 5.41) is 0. The Hall–Kier alpha value is -2.01. The normalized spacial score (nSPS) is 11.5. The summed E-state index contributed by atoms with van der Waals surface area (Å²) in [6.45, 7) is 4.10. The van der Waals surface area contributed by atoms with E-state index < -0.39 is 8.60 Å². The number of pyridine rings is 1. The summed E-state index contributed by atoms with van der Waals surface area (Å²) in [4.78, 5) is 24.1. The van der Waals surface area contributed by atoms with Crippen LogP contribution in [0.2, 0.25) is 0 Å². The van der Waals surface area contributed by atoms with Crippen molar-refractivity contribution in [2.24, 2.45) is 0 Å². The SMILES string of the molecule is CC(C)N(C)c1nc(/C=C/OP(O)O)ccc1-c1ccc(F)cc1. The lowest BCUT2D eigenvalue weighted by Crippen LogP contribution is -2.27. The average molecular weight is 350 g/mol. The van der Waals surface area contributed by atoms with Crippen LogP contribution in [0.1, 0.15) is 19.5 Å². The number of halogens is 1. The Morgan fingerprint density at radius 1 is 1.17 bits per heavy atom. The molecule has 0 amide bonds. The number of rotatable bonds is 6. The summed E-state index contributed by atoms with van der Waals surface area (Å²) in [6.07, 6.45) is 2.75. The second-order valence-corrected chi connectivity index (χ2v) is 6.20. The van der Waals surface area contributed by atoms with E-state index in [0.717, 1.165) is 16.9 Å². The predicted molar refractivity (Wildman–Crippen MR) is 94.6 cm³/mol. The molecular weight excluding hydrogens is 330 g/mol. The molecule has 0 radical (unpaired) electrons. The highest BCUT2D eigenvalue weighted by Gasteiger charge is 2.14. The van der Waals surface area contributed by atoms with Gasteiger partial charge in [0.1, 0.15) is 11.6 Å². The third kappa shape index (κ3) is 4.74. The van der Waals surface area contributed by atoms with Crippen LogP contribution in [0.15, 0.2) is 42.7 Å². The summed E-state index contributed by atoms with van der Waals surface area (Å²) in [5.74, 6) is 0.459. The molecule has 2 rings (SSSR count). The zero-order chi connectivity index (χ0) is 17.7. The van der Waals surface area contributed by atoms with Crippen molar-refractivity contribution in [1.82, 2.24) is 4.98 Å². The summed E-state index contributed by atoms with van der Waals surface area (Å²) in [5.41, 5.74) is 2.36. The first-order valence-electron chi connectivity index (χ1n) is 7.39. The van der Waals surface area contributed by atoms with Crippen molar-refractivity contribution >= 4 is 20.5 Å². The number of anilines is 1. The van der Waals surface area contributed by atoms with E-state index in [-0.39, 0.29) is 11.9 Å². The van der Waals surface area contributed by atoms with E-state index in [4.69, 9.17) is 9.79 Å². The molecule has 0 aliphatic rings. The van der Waals surface area contributed by atoms with Gasteiger partial charge in [-0.05, 0) is 49.8 Å². The van der Waals surface area contributed by atoms with E-state index >= 15 is 0 Å². The molecule has 0 atom stereocenters. The van der Waals surface area contributed by atoms with Crippen molar-refractivity contribution < 1.29 is 18.7 Å². The van der Waals surface area contributed by atoms with Gasteiger partial charge in [-0.25, -0.2) is 9.37 Å². The third-order valence-corrected chi connectivity index (χ3v) is 3.86. The number of aromatic nitrogens is 1. The molecule has 2 N–H and O–H groups in total. The van der Waals surface area contributed by atoms with Crippen molar-refractivity contribution in [3.05, 3.63) is 54.2 Å². The largest absolute Gasteiger partial charge is 0.435 e. The van der Waals surface area contributed by atoms with Crippen molar-refractivity contribution in [1.29, 1.82) is 0 Å². The Balaban J connectivity index is 2.43. The van der Waals surface area contributed by atoms with Gasteiger partial charge in [0.2, 0.25) is 0 Å². The highest BCUT2D eigenvalue weighted by atomic mass is 31.2. The van der Waals surface area contributed by atoms with Gasteiger partial charge in [0.15, 0.2) is 0 Å². The van der Waals surface area contributed by atoms with Crippen LogP contribution in [0, 0.1) is 5.82 Å². The van der Waals surface area contributed by atoms with Gasteiger partial charge in [-0.3, -0.25) is 0 Å². The average Bonchev–Trinajstić information content (AvgIpc) is 2.54. The fraction of sp³-hybridized carbons (Fsp3) is 0.235. The summed E-state index contributed by atoms with van der Waals surface area (Å²) >= 11 is 0. The van der Waals surface area contributed by atoms with Crippen LogP contribution in [0.25, 0.3) is 17.2 Å². The molecule has 1 heterocycles. The molecule has 0 spiro atoms. The molecule has 0 unspecified atom stereocenters. The molecule has 0 bridgehead atoms. The Bertz CT molecular complexity index is 705. The minimum Gasteiger partial charge on any atom is -0.435 e. The molecule has 0 saturated heterocycles. The van der Waals surface area contributed by atoms with Crippen molar-refractivity contribution in [2.75, 3.05) is 11.9 Å². The minimum absolute atomic E-state index is 0.217. The quantitative estimate of drug-likeness (QED) is 0.610. The van der Waals surface area contributed by atoms with Gasteiger partial charge in [-0.15, -0.1) is 0 Å². The fourth-order valence-electron chi connectivity index (χ4n) is 2.08. The van der Waals surface area contributed by atoms with E-state index in [1.54, 1.807) is 24.3 Å². The number of hydrogen-bond acceptors (Lipinski definition) is 5. The molecule has 7 heteroatoms. The molecule has 0 saturated carbocycles. The lowest BCUT2D eigenvalue weighted by Gasteiger charge is -2.25. The van der Waals surface area contributed by atoms with Crippen molar-refractivity contribution in [3.63, 3.8) is 0 Å². The first-order chi connectivity index (χ1) is 11.4. The highest BCUT2D eigenvalue weighted by Crippen LogP contribution is 2.31. The van der Waals surface area contributed by atoms with Gasteiger partial charge < -0.3 is 19.2 Å². The maximum absolute atomic E-state index is 13.2. The molecule has 5 nitrogen and oxygen atoms in total. The molecule has 0 fully saturated rings. The number of hydrogen-bond donors (Lipinski definition) is 2. The highest BCUT2D eigenvalue weighted by molar-refractivity contribution is 7.39. The van der Waals surface area contributed by atoms with Crippen molar-refractivity contribution in [2.45, 2.75) is 19.9 Å². The van der Waals surface area contributed by atoms with Gasteiger partial charge in [0, 0.05) is 18.7 Å². The van der Waals surface area contributed by atoms with E-state index in [9.17, 15) is 4.39 Å². The molecule has 1 aromatic heterocycles. The summed E-state index contributed by atoms with van der Waals surface area (Å²) in [7, 11) is -0.498. The number of nitrogens with zero attached hydrogens (tertiary/aromatic N) is 2. The van der Waals surface area contributed by atoms with Gasteiger partial charge in [0.25, 0.3) is 0 Å². The molecule has 24 heavy (non-hydrogen) atoms. The standard InChI is InChI=1S/C17H20FN2O3P/c1-12(2)20(3)17-16(13-4-6-14(18)7-5-13)9-8-15(19-17)10-11-23-24(21)22/h4-12,21-22H,1-3H3/b11-10+. The maximum atomic E-state index is 13.2. The molecule has 0 aliphatic carbocycles. The van der Waals surface area contributed by atoms with Crippen LogP contribution in [0.5, 0.6) is 0 Å². The molecule has 2 aromatic rings. The molecular formula is C17H20FN2O3P. The Kier molecular flexibility index (Phi) is 6.26. The van der Waals surface area contributed by atoms with Gasteiger partial charge in [-0.2, -0.15) is 0 Å². The topological polar surface area (TPSA) is 65.8 Å². The lowest BCUT2D eigenvalue weighted by molar-refractivity contribution is 0.344. The molecule has 128 valence electrons. The van der Waals surface area contributed by atoms with E-state index in [1.807, 2.05) is 31.9 Å². The number of benzene rings is 1. The zero-order valence-electron chi connectivity index (χ0n) is 13.7. The first-order valence-corrected chi connectivity index (χ1v) is 8.56. The van der Waals surface area contributed by atoms with E-state index in [2.05, 4.69) is 9.51 Å². The van der Waals surface area contributed by atoms with Gasteiger partial charge in [-0.1, -0.05) is 12.1 Å². The Labute approximate surface area is 142 Å². The van der Waals surface area contributed by atoms with E-state index in [1.165, 1.54) is 18.4 Å². The van der Waals surface area contributed by atoms with Crippen molar-refractivity contribution in [3.8, 4) is 11.1 Å². The maximum Gasteiger partial charge on any atom is 0.390 e. The van der Waals surface area contributed by atoms with Crippen LogP contribution < -0.4 is 4.90 Å². The zero-order valence-corrected chi connectivity index (χ0v) is 14.6. The lowest BCUT2D eigenvalue weighted by atomic mass is 10.0. The molecule has 1 aromatic carbocycles. The molecule has 0 aliphatic heterocycles. The second-order valence-electron chi connectivity index (χ2n) is 5.48. The Morgan fingerprint density at radius 2 is 1.83 bits per heavy atom. The Morgan fingerprint density at radius 3 is 2.42 bits per heavy atom. The fourth-order valence-corrected chi connectivity index (χ4v) is 2.25. The van der Waals surface area contributed by atoms with Crippen LogP contribution in [-0.2, 0) is 4.52 Å². The van der Waals surface area contributed by atoms with E-state index in [0.29, 0.717) is 5.69 Å².